The highest BCUT2D eigenvalue weighted by Gasteiger charge is 2.01. The molecule has 0 aliphatic carbocycles. The molecule has 1 heterocycles. The van der Waals surface area contributed by atoms with E-state index >= 15 is 0 Å². The van der Waals surface area contributed by atoms with Crippen LogP contribution in [0.3, 0.4) is 0 Å². The molecule has 0 saturated heterocycles. The highest BCUT2D eigenvalue weighted by Crippen LogP contribution is 2.16. The molecule has 5 heteroatoms. The normalized spacial score (nSPS) is 10.2. The van der Waals surface area contributed by atoms with Crippen molar-refractivity contribution in [2.75, 3.05) is 11.9 Å². The van der Waals surface area contributed by atoms with E-state index < -0.39 is 0 Å². The van der Waals surface area contributed by atoms with Gasteiger partial charge in [0.25, 0.3) is 0 Å². The number of ether oxygens (including phenoxy) is 1. The van der Waals surface area contributed by atoms with Crippen LogP contribution in [-0.2, 0) is 6.54 Å². The Kier molecular flexibility index (Phi) is 4.69. The van der Waals surface area contributed by atoms with Gasteiger partial charge in [0, 0.05) is 24.5 Å². The third kappa shape index (κ3) is 3.93. The van der Waals surface area contributed by atoms with Crippen LogP contribution in [0, 0.1) is 0 Å². The minimum Gasteiger partial charge on any atom is -0.478 e. The largest absolute Gasteiger partial charge is 0.478 e. The van der Waals surface area contributed by atoms with Crippen molar-refractivity contribution in [3.63, 3.8) is 0 Å². The highest BCUT2D eigenvalue weighted by molar-refractivity contribution is 5.54. The average molecular weight is 258 g/mol. The van der Waals surface area contributed by atoms with Crippen molar-refractivity contribution in [1.29, 1.82) is 0 Å². The first-order valence-electron chi connectivity index (χ1n) is 6.33. The third-order valence-electron chi connectivity index (χ3n) is 2.50. The number of anilines is 2. The summed E-state index contributed by atoms with van der Waals surface area (Å²) in [5.74, 6) is 1.09. The van der Waals surface area contributed by atoms with Crippen molar-refractivity contribution in [2.24, 2.45) is 5.73 Å². The van der Waals surface area contributed by atoms with Crippen LogP contribution in [0.1, 0.15) is 18.9 Å². The molecule has 19 heavy (non-hydrogen) atoms. The van der Waals surface area contributed by atoms with Crippen LogP contribution in [0.2, 0.25) is 0 Å². The SMILES string of the molecule is CCCOc1ccnc(Nc2cccc(CN)c2)n1. The van der Waals surface area contributed by atoms with Gasteiger partial charge in [0.05, 0.1) is 6.61 Å². The van der Waals surface area contributed by atoms with Crippen molar-refractivity contribution < 1.29 is 4.74 Å². The number of hydrogen-bond donors (Lipinski definition) is 2. The van der Waals surface area contributed by atoms with Crippen LogP contribution < -0.4 is 15.8 Å². The van der Waals surface area contributed by atoms with Gasteiger partial charge < -0.3 is 15.8 Å². The fourth-order valence-corrected chi connectivity index (χ4v) is 1.59. The molecule has 0 fully saturated rings. The lowest BCUT2D eigenvalue weighted by Gasteiger charge is -2.08. The molecule has 0 amide bonds. The molecule has 0 radical (unpaired) electrons. The summed E-state index contributed by atoms with van der Waals surface area (Å²) in [6, 6.07) is 9.59. The molecule has 1 aromatic heterocycles. The Morgan fingerprint density at radius 1 is 1.32 bits per heavy atom. The molecule has 0 saturated carbocycles. The predicted molar refractivity (Wildman–Crippen MR) is 75.4 cm³/mol. The fraction of sp³-hybridized carbons (Fsp3) is 0.286. The molecule has 0 unspecified atom stereocenters. The summed E-state index contributed by atoms with van der Waals surface area (Å²) in [7, 11) is 0. The second-order valence-corrected chi connectivity index (χ2v) is 4.10. The summed E-state index contributed by atoms with van der Waals surface area (Å²) in [4.78, 5) is 8.45. The number of nitrogens with two attached hydrogens (primary N) is 1. The maximum absolute atomic E-state index is 5.61. The zero-order chi connectivity index (χ0) is 13.5. The highest BCUT2D eigenvalue weighted by atomic mass is 16.5. The molecule has 0 atom stereocenters. The van der Waals surface area contributed by atoms with Gasteiger partial charge in [0.1, 0.15) is 0 Å². The van der Waals surface area contributed by atoms with Gasteiger partial charge in [-0.25, -0.2) is 4.98 Å². The maximum Gasteiger partial charge on any atom is 0.230 e. The summed E-state index contributed by atoms with van der Waals surface area (Å²) in [6.07, 6.45) is 2.62. The van der Waals surface area contributed by atoms with Gasteiger partial charge >= 0.3 is 0 Å². The number of rotatable bonds is 6. The second-order valence-electron chi connectivity index (χ2n) is 4.10. The smallest absolute Gasteiger partial charge is 0.230 e. The molecular formula is C14H18N4O. The van der Waals surface area contributed by atoms with Crippen molar-refractivity contribution in [2.45, 2.75) is 19.9 Å². The van der Waals surface area contributed by atoms with Crippen molar-refractivity contribution >= 4 is 11.6 Å². The topological polar surface area (TPSA) is 73.1 Å². The lowest BCUT2D eigenvalue weighted by Crippen LogP contribution is -2.02. The van der Waals surface area contributed by atoms with Gasteiger partial charge in [-0.1, -0.05) is 19.1 Å². The minimum atomic E-state index is 0.510. The average Bonchev–Trinajstić information content (AvgIpc) is 2.46. The summed E-state index contributed by atoms with van der Waals surface area (Å²) < 4.78 is 5.47. The molecule has 5 nitrogen and oxygen atoms in total. The molecule has 1 aromatic carbocycles. The zero-order valence-corrected chi connectivity index (χ0v) is 11.0. The number of aromatic nitrogens is 2. The van der Waals surface area contributed by atoms with E-state index in [4.69, 9.17) is 10.5 Å². The van der Waals surface area contributed by atoms with Crippen LogP contribution >= 0.6 is 0 Å². The van der Waals surface area contributed by atoms with Gasteiger partial charge in [0.2, 0.25) is 11.8 Å². The van der Waals surface area contributed by atoms with E-state index in [0.29, 0.717) is 25.0 Å². The van der Waals surface area contributed by atoms with E-state index in [9.17, 15) is 0 Å². The minimum absolute atomic E-state index is 0.510. The van der Waals surface area contributed by atoms with Gasteiger partial charge in [-0.3, -0.25) is 0 Å². The summed E-state index contributed by atoms with van der Waals surface area (Å²) in [5.41, 5.74) is 7.58. The Morgan fingerprint density at radius 2 is 2.21 bits per heavy atom. The summed E-state index contributed by atoms with van der Waals surface area (Å²) in [6.45, 7) is 3.22. The number of nitrogens with zero attached hydrogens (tertiary/aromatic N) is 2. The van der Waals surface area contributed by atoms with Gasteiger partial charge in [-0.05, 0) is 24.1 Å². The molecule has 3 N–H and O–H groups in total. The van der Waals surface area contributed by atoms with Crippen molar-refractivity contribution in [3.05, 3.63) is 42.1 Å². The Labute approximate surface area is 112 Å². The van der Waals surface area contributed by atoms with E-state index in [-0.39, 0.29) is 0 Å². The van der Waals surface area contributed by atoms with Crippen molar-refractivity contribution in [1.82, 2.24) is 9.97 Å². The molecule has 0 aliphatic heterocycles. The van der Waals surface area contributed by atoms with Crippen molar-refractivity contribution in [3.8, 4) is 5.88 Å². The van der Waals surface area contributed by atoms with Gasteiger partial charge in [-0.15, -0.1) is 0 Å². The van der Waals surface area contributed by atoms with Gasteiger partial charge in [0.15, 0.2) is 0 Å². The number of benzene rings is 1. The monoisotopic (exact) mass is 258 g/mol. The fourth-order valence-electron chi connectivity index (χ4n) is 1.59. The lowest BCUT2D eigenvalue weighted by molar-refractivity contribution is 0.305. The van der Waals surface area contributed by atoms with Crippen LogP contribution in [-0.4, -0.2) is 16.6 Å². The third-order valence-corrected chi connectivity index (χ3v) is 2.50. The predicted octanol–water partition coefficient (Wildman–Crippen LogP) is 2.47. The van der Waals surface area contributed by atoms with E-state index in [1.165, 1.54) is 0 Å². The first kappa shape index (κ1) is 13.3. The molecule has 2 rings (SSSR count). The van der Waals surface area contributed by atoms with Crippen LogP contribution in [0.5, 0.6) is 5.88 Å². The quantitative estimate of drug-likeness (QED) is 0.832. The maximum atomic E-state index is 5.61. The molecule has 2 aromatic rings. The Hall–Kier alpha value is -2.14. The summed E-state index contributed by atoms with van der Waals surface area (Å²) in [5, 5.41) is 3.14. The van der Waals surface area contributed by atoms with Crippen LogP contribution in [0.4, 0.5) is 11.6 Å². The zero-order valence-electron chi connectivity index (χ0n) is 11.0. The van der Waals surface area contributed by atoms with Crippen LogP contribution in [0.15, 0.2) is 36.5 Å². The first-order chi connectivity index (χ1) is 9.31. The Morgan fingerprint density at radius 3 is 3.00 bits per heavy atom. The Bertz CT molecular complexity index is 530. The molecule has 0 aliphatic rings. The van der Waals surface area contributed by atoms with E-state index in [2.05, 4.69) is 22.2 Å². The van der Waals surface area contributed by atoms with E-state index in [1.54, 1.807) is 12.3 Å². The second kappa shape index (κ2) is 6.70. The first-order valence-corrected chi connectivity index (χ1v) is 6.33. The summed E-state index contributed by atoms with van der Waals surface area (Å²) >= 11 is 0. The standard InChI is InChI=1S/C14H18N4O/c1-2-8-19-13-6-7-16-14(18-13)17-12-5-3-4-11(9-12)10-15/h3-7,9H,2,8,10,15H2,1H3,(H,16,17,18). The number of hydrogen-bond acceptors (Lipinski definition) is 5. The number of nitrogens with one attached hydrogen (secondary N) is 1. The van der Waals surface area contributed by atoms with Gasteiger partial charge in [-0.2, -0.15) is 4.98 Å². The van der Waals surface area contributed by atoms with E-state index in [0.717, 1.165) is 17.7 Å². The molecular weight excluding hydrogens is 240 g/mol. The molecule has 0 spiro atoms. The molecule has 100 valence electrons. The molecule has 0 bridgehead atoms. The lowest BCUT2D eigenvalue weighted by atomic mass is 10.2. The van der Waals surface area contributed by atoms with Crippen LogP contribution in [0.25, 0.3) is 0 Å². The van der Waals surface area contributed by atoms with E-state index in [1.807, 2.05) is 24.3 Å². The Balaban J connectivity index is 2.09.